The lowest BCUT2D eigenvalue weighted by Crippen LogP contribution is -2.42. The van der Waals surface area contributed by atoms with Gasteiger partial charge in [0.1, 0.15) is 47.6 Å². The van der Waals surface area contributed by atoms with Gasteiger partial charge in [0.05, 0.1) is 46.9 Å². The molecule has 2 aromatic heterocycles. The Morgan fingerprint density at radius 2 is 1.31 bits per heavy atom. The number of carbonyl (C=O) groups excluding carboxylic acids is 2. The predicted octanol–water partition coefficient (Wildman–Crippen LogP) is 10.3. The maximum atomic E-state index is 16.1. The second-order valence-electron chi connectivity index (χ2n) is 19.0. The summed E-state index contributed by atoms with van der Waals surface area (Å²) in [6.45, 7) is 8.20. The number of benzene rings is 5. The summed E-state index contributed by atoms with van der Waals surface area (Å²) < 4.78 is 64.4. The number of carbonyl (C=O) groups is 2. The Kier molecular flexibility index (Phi) is 16.4. The molecule has 1 N–H and O–H groups in total. The summed E-state index contributed by atoms with van der Waals surface area (Å²) in [6, 6.07) is 40.3. The topological polar surface area (TPSA) is 178 Å². The molecule has 2 saturated heterocycles. The maximum absolute atomic E-state index is 16.1. The zero-order valence-electron chi connectivity index (χ0n) is 43.3. The number of aromatic nitrogens is 4. The first-order valence-corrected chi connectivity index (χ1v) is 26.7. The van der Waals surface area contributed by atoms with Crippen LogP contribution in [0.25, 0.3) is 11.2 Å². The van der Waals surface area contributed by atoms with Gasteiger partial charge in [-0.1, -0.05) is 72.8 Å². The van der Waals surface area contributed by atoms with Gasteiger partial charge in [0.15, 0.2) is 17.0 Å². The molecule has 75 heavy (non-hydrogen) atoms. The fraction of sp³-hybridized carbons (Fsp3) is 0.351. The van der Waals surface area contributed by atoms with Crippen molar-refractivity contribution in [3.8, 4) is 17.2 Å². The number of anilines is 1. The third kappa shape index (κ3) is 11.2. The number of methoxy groups -OCH3 is 3. The van der Waals surface area contributed by atoms with Gasteiger partial charge in [0, 0.05) is 36.2 Å². The van der Waals surface area contributed by atoms with Crippen LogP contribution in [0.1, 0.15) is 90.6 Å². The first-order chi connectivity index (χ1) is 36.3. The second-order valence-corrected chi connectivity index (χ2v) is 20.9. The van der Waals surface area contributed by atoms with E-state index in [1.165, 1.54) is 6.33 Å². The van der Waals surface area contributed by atoms with Crippen molar-refractivity contribution in [1.82, 2.24) is 29.1 Å². The highest BCUT2D eigenvalue weighted by Gasteiger charge is 2.49. The van der Waals surface area contributed by atoms with Crippen LogP contribution >= 0.6 is 7.75 Å². The number of hydrogen-bond acceptors (Lipinski definition) is 13. The van der Waals surface area contributed by atoms with Crippen LogP contribution in [0.15, 0.2) is 146 Å². The molecule has 7 aromatic rings. The van der Waals surface area contributed by atoms with Crippen LogP contribution in [0, 0.1) is 0 Å². The summed E-state index contributed by atoms with van der Waals surface area (Å²) in [4.78, 5) is 42.8. The number of rotatable bonds is 21. The molecule has 0 bridgehead atoms. The molecule has 2 fully saturated rings. The molecule has 9 rings (SSSR count). The number of likely N-dealkylation sites (tertiary alicyclic amines) is 1. The van der Waals surface area contributed by atoms with Crippen molar-refractivity contribution in [2.75, 3.05) is 46.4 Å². The van der Waals surface area contributed by atoms with Gasteiger partial charge in [-0.3, -0.25) is 23.2 Å². The Morgan fingerprint density at radius 1 is 0.733 bits per heavy atom. The second kappa shape index (κ2) is 23.3. The summed E-state index contributed by atoms with van der Waals surface area (Å²) in [7, 11) is 0.565. The Hall–Kier alpha value is -6.98. The van der Waals surface area contributed by atoms with Gasteiger partial charge in [-0.15, -0.1) is 0 Å². The van der Waals surface area contributed by atoms with Crippen molar-refractivity contribution >= 4 is 36.5 Å². The molecule has 2 amide bonds. The summed E-state index contributed by atoms with van der Waals surface area (Å²) in [5, 5.41) is 2.89. The molecular formula is C57H64N7O10P. The zero-order valence-corrected chi connectivity index (χ0v) is 44.2. The molecule has 2 aliphatic rings. The van der Waals surface area contributed by atoms with Gasteiger partial charge >= 0.3 is 7.75 Å². The standard InChI is InChI=1S/C57H64N7O10P/c1-38(2)64(39(3)4)75(67,72-34-45-19-14-32-62(45)56(66)41-20-26-46(68-5)27-21-41)74-49-33-51(63-37-60-52-53(58-36-59-54(52)63)61-55(65)40-15-10-8-11-16-40)73-50(49)35-71-57(42-17-12-9-13-18-42,43-22-28-47(69-6)29-23-43)44-24-30-48(70-7)31-25-44/h8-13,15-18,20-31,36-39,45,49-51H,14,19,32-35H2,1-7H3,(H,58,59,61,65)/t45-,49-,50+,51+,75?/m0/s1. The van der Waals surface area contributed by atoms with E-state index >= 15 is 4.57 Å². The zero-order chi connectivity index (χ0) is 52.7. The SMILES string of the molecule is COc1ccc(C(=O)N2CCC[C@H]2COP(=O)(O[C@H]2C[C@H](n3cnc4c(NC(=O)c5ccccc5)ncnc43)O[C@@H]2COC(c2ccccc2)(c2ccc(OC)cc2)c2ccc(OC)cc2)N(C(C)C)C(C)C)cc1. The fourth-order valence-electron chi connectivity index (χ4n) is 10.2. The molecule has 0 saturated carbocycles. The average molecular weight is 1040 g/mol. The lowest BCUT2D eigenvalue weighted by molar-refractivity contribution is -0.0926. The van der Waals surface area contributed by atoms with Crippen molar-refractivity contribution in [2.24, 2.45) is 0 Å². The molecule has 2 aliphatic heterocycles. The van der Waals surface area contributed by atoms with E-state index in [1.54, 1.807) is 90.3 Å². The molecule has 18 heteroatoms. The molecule has 1 unspecified atom stereocenters. The van der Waals surface area contributed by atoms with Crippen molar-refractivity contribution < 1.29 is 46.9 Å². The summed E-state index contributed by atoms with van der Waals surface area (Å²) in [5.41, 5.74) is 2.91. The molecule has 392 valence electrons. The van der Waals surface area contributed by atoms with E-state index in [-0.39, 0.29) is 55.4 Å². The largest absolute Gasteiger partial charge is 0.497 e. The fourth-order valence-corrected chi connectivity index (χ4v) is 12.5. The highest BCUT2D eigenvalue weighted by Crippen LogP contribution is 2.58. The van der Waals surface area contributed by atoms with E-state index in [1.807, 2.05) is 113 Å². The normalized spacial score (nSPS) is 18.7. The van der Waals surface area contributed by atoms with Crippen molar-refractivity contribution in [3.63, 3.8) is 0 Å². The summed E-state index contributed by atoms with van der Waals surface area (Å²) >= 11 is 0. The Bertz CT molecular complexity index is 3020. The van der Waals surface area contributed by atoms with E-state index < -0.39 is 31.8 Å². The third-order valence-corrected chi connectivity index (χ3v) is 16.3. The summed E-state index contributed by atoms with van der Waals surface area (Å²) in [5.74, 6) is 1.71. The lowest BCUT2D eigenvalue weighted by Gasteiger charge is -2.39. The van der Waals surface area contributed by atoms with Crippen molar-refractivity contribution in [3.05, 3.63) is 174 Å². The molecule has 5 aromatic carbocycles. The van der Waals surface area contributed by atoms with E-state index in [9.17, 15) is 9.59 Å². The van der Waals surface area contributed by atoms with Crippen LogP contribution in [-0.2, 0) is 28.7 Å². The van der Waals surface area contributed by atoms with Crippen LogP contribution in [0.2, 0.25) is 0 Å². The number of imidazole rings is 1. The molecule has 0 radical (unpaired) electrons. The monoisotopic (exact) mass is 1040 g/mol. The number of ether oxygens (including phenoxy) is 5. The van der Waals surface area contributed by atoms with Crippen molar-refractivity contribution in [1.29, 1.82) is 0 Å². The summed E-state index contributed by atoms with van der Waals surface area (Å²) in [6.07, 6.45) is 1.91. The first kappa shape index (κ1) is 52.9. The highest BCUT2D eigenvalue weighted by atomic mass is 31.2. The Balaban J connectivity index is 1.09. The third-order valence-electron chi connectivity index (χ3n) is 13.8. The minimum Gasteiger partial charge on any atom is -0.497 e. The van der Waals surface area contributed by atoms with Gasteiger partial charge in [-0.05, 0) is 118 Å². The van der Waals surface area contributed by atoms with Gasteiger partial charge in [0.2, 0.25) is 0 Å². The van der Waals surface area contributed by atoms with Gasteiger partial charge in [-0.25, -0.2) is 24.2 Å². The highest BCUT2D eigenvalue weighted by molar-refractivity contribution is 7.51. The van der Waals surface area contributed by atoms with Crippen LogP contribution in [0.4, 0.5) is 5.82 Å². The van der Waals surface area contributed by atoms with E-state index in [2.05, 4.69) is 15.3 Å². The van der Waals surface area contributed by atoms with Crippen molar-refractivity contribution in [2.45, 2.75) is 89.1 Å². The van der Waals surface area contributed by atoms with Crippen LogP contribution in [0.5, 0.6) is 17.2 Å². The van der Waals surface area contributed by atoms with Crippen LogP contribution in [0.3, 0.4) is 0 Å². The van der Waals surface area contributed by atoms with E-state index in [4.69, 9.17) is 37.7 Å². The minimum absolute atomic E-state index is 0.0418. The van der Waals surface area contributed by atoms with Gasteiger partial charge in [0.25, 0.3) is 11.8 Å². The number of nitrogens with one attached hydrogen (secondary N) is 1. The molecule has 5 atom stereocenters. The Labute approximate surface area is 437 Å². The smallest absolute Gasteiger partial charge is 0.409 e. The molecular weight excluding hydrogens is 974 g/mol. The maximum Gasteiger partial charge on any atom is 0.409 e. The van der Waals surface area contributed by atoms with Gasteiger partial charge < -0.3 is 33.9 Å². The quantitative estimate of drug-likeness (QED) is 0.0531. The number of hydrogen-bond donors (Lipinski definition) is 1. The van der Waals surface area contributed by atoms with Crippen LogP contribution in [-0.4, -0.2) is 112 Å². The molecule has 17 nitrogen and oxygen atoms in total. The number of amides is 2. The Morgan fingerprint density at radius 3 is 1.89 bits per heavy atom. The molecule has 0 spiro atoms. The average Bonchev–Trinajstić information content (AvgIpc) is 4.20. The predicted molar refractivity (Wildman–Crippen MR) is 284 cm³/mol. The van der Waals surface area contributed by atoms with E-state index in [0.717, 1.165) is 23.1 Å². The van der Waals surface area contributed by atoms with Gasteiger partial charge in [-0.2, -0.15) is 0 Å². The van der Waals surface area contributed by atoms with Crippen LogP contribution < -0.4 is 19.5 Å². The number of nitrogens with zero attached hydrogens (tertiary/aromatic N) is 6. The number of fused-ring (bicyclic) bond motifs is 1. The first-order valence-electron chi connectivity index (χ1n) is 25.2. The van der Waals surface area contributed by atoms with E-state index in [0.29, 0.717) is 52.5 Å². The minimum atomic E-state index is -4.26. The molecule has 4 heterocycles. The lowest BCUT2D eigenvalue weighted by atomic mass is 9.80. The molecule has 0 aliphatic carbocycles.